The minimum absolute atomic E-state index is 0.438. The highest BCUT2D eigenvalue weighted by atomic mass is 16.5. The number of unbranched alkanes of at least 4 members (excludes halogenated alkanes) is 1. The van der Waals surface area contributed by atoms with Crippen molar-refractivity contribution in [3.05, 3.63) is 29.8 Å². The van der Waals surface area contributed by atoms with Crippen LogP contribution in [-0.4, -0.2) is 12.6 Å². The van der Waals surface area contributed by atoms with Gasteiger partial charge in [-0.1, -0.05) is 58.2 Å². The van der Waals surface area contributed by atoms with Gasteiger partial charge in [0.2, 0.25) is 0 Å². The zero-order chi connectivity index (χ0) is 14.4. The van der Waals surface area contributed by atoms with Gasteiger partial charge in [0, 0.05) is 23.6 Å². The third kappa shape index (κ3) is 3.76. The highest BCUT2D eigenvalue weighted by Gasteiger charge is 2.28. The molecule has 3 unspecified atom stereocenters. The lowest BCUT2D eigenvalue weighted by Gasteiger charge is -2.35. The van der Waals surface area contributed by atoms with Crippen LogP contribution in [-0.2, 0) is 0 Å². The van der Waals surface area contributed by atoms with Crippen LogP contribution in [0.15, 0.2) is 24.3 Å². The molecule has 1 aromatic carbocycles. The predicted octanol–water partition coefficient (Wildman–Crippen LogP) is 4.70. The maximum atomic E-state index is 5.85. The first kappa shape index (κ1) is 15.4. The second-order valence-electron chi connectivity index (χ2n) is 6.10. The third-order valence-corrected chi connectivity index (χ3v) is 4.28. The Balaban J connectivity index is 2.09. The van der Waals surface area contributed by atoms with Gasteiger partial charge in [0.15, 0.2) is 0 Å². The van der Waals surface area contributed by atoms with Gasteiger partial charge < -0.3 is 10.1 Å². The molecule has 1 aliphatic heterocycles. The molecule has 0 aliphatic carbocycles. The SMILES string of the molecule is CCCCC(CCC)NC1c2ccccc2OCC1C. The average Bonchev–Trinajstić information content (AvgIpc) is 2.47. The molecule has 1 aromatic rings. The summed E-state index contributed by atoms with van der Waals surface area (Å²) in [5.74, 6) is 1.60. The average molecular weight is 275 g/mol. The zero-order valence-electron chi connectivity index (χ0n) is 13.2. The van der Waals surface area contributed by atoms with E-state index < -0.39 is 0 Å². The summed E-state index contributed by atoms with van der Waals surface area (Å²) < 4.78 is 5.85. The highest BCUT2D eigenvalue weighted by molar-refractivity contribution is 5.38. The molecule has 1 N–H and O–H groups in total. The van der Waals surface area contributed by atoms with Crippen LogP contribution < -0.4 is 10.1 Å². The summed E-state index contributed by atoms with van der Waals surface area (Å²) >= 11 is 0. The summed E-state index contributed by atoms with van der Waals surface area (Å²) in [6.07, 6.45) is 6.40. The number of hydrogen-bond donors (Lipinski definition) is 1. The van der Waals surface area contributed by atoms with Crippen LogP contribution in [0.1, 0.15) is 64.5 Å². The van der Waals surface area contributed by atoms with Crippen molar-refractivity contribution in [3.63, 3.8) is 0 Å². The van der Waals surface area contributed by atoms with Crippen molar-refractivity contribution >= 4 is 0 Å². The topological polar surface area (TPSA) is 21.3 Å². The van der Waals surface area contributed by atoms with Gasteiger partial charge in [-0.3, -0.25) is 0 Å². The summed E-state index contributed by atoms with van der Waals surface area (Å²) in [6, 6.07) is 9.57. The van der Waals surface area contributed by atoms with Crippen LogP contribution in [0.25, 0.3) is 0 Å². The van der Waals surface area contributed by atoms with Crippen molar-refractivity contribution in [1.82, 2.24) is 5.32 Å². The second kappa shape index (κ2) is 7.68. The maximum Gasteiger partial charge on any atom is 0.124 e. The van der Waals surface area contributed by atoms with Crippen LogP contribution in [0.5, 0.6) is 5.75 Å². The van der Waals surface area contributed by atoms with Crippen molar-refractivity contribution in [3.8, 4) is 5.75 Å². The molecule has 0 radical (unpaired) electrons. The van der Waals surface area contributed by atoms with Crippen LogP contribution in [0.2, 0.25) is 0 Å². The molecule has 112 valence electrons. The van der Waals surface area contributed by atoms with E-state index in [9.17, 15) is 0 Å². The van der Waals surface area contributed by atoms with Gasteiger partial charge in [-0.2, -0.15) is 0 Å². The summed E-state index contributed by atoms with van der Waals surface area (Å²) in [5.41, 5.74) is 1.34. The largest absolute Gasteiger partial charge is 0.493 e. The fraction of sp³-hybridized carbons (Fsp3) is 0.667. The van der Waals surface area contributed by atoms with E-state index in [4.69, 9.17) is 4.74 Å². The summed E-state index contributed by atoms with van der Waals surface area (Å²) in [4.78, 5) is 0. The first-order chi connectivity index (χ1) is 9.76. The van der Waals surface area contributed by atoms with E-state index in [-0.39, 0.29) is 0 Å². The highest BCUT2D eigenvalue weighted by Crippen LogP contribution is 2.35. The lowest BCUT2D eigenvalue weighted by atomic mass is 9.90. The minimum Gasteiger partial charge on any atom is -0.493 e. The number of rotatable bonds is 7. The molecule has 3 atom stereocenters. The van der Waals surface area contributed by atoms with E-state index in [1.807, 2.05) is 0 Å². The summed E-state index contributed by atoms with van der Waals surface area (Å²) in [6.45, 7) is 7.66. The van der Waals surface area contributed by atoms with E-state index in [0.717, 1.165) is 12.4 Å². The van der Waals surface area contributed by atoms with E-state index in [1.54, 1.807) is 0 Å². The lowest BCUT2D eigenvalue weighted by Crippen LogP contribution is -2.40. The molecule has 1 heterocycles. The molecule has 2 heteroatoms. The number of nitrogens with one attached hydrogen (secondary N) is 1. The minimum atomic E-state index is 0.438. The molecule has 20 heavy (non-hydrogen) atoms. The fourth-order valence-corrected chi connectivity index (χ4v) is 3.11. The molecule has 0 bridgehead atoms. The Labute approximate surface area is 123 Å². The quantitative estimate of drug-likeness (QED) is 0.778. The van der Waals surface area contributed by atoms with E-state index in [2.05, 4.69) is 50.4 Å². The van der Waals surface area contributed by atoms with Gasteiger partial charge in [-0.05, 0) is 18.9 Å². The molecular weight excluding hydrogens is 246 g/mol. The van der Waals surface area contributed by atoms with Crippen molar-refractivity contribution in [2.45, 2.75) is 65.0 Å². The van der Waals surface area contributed by atoms with Crippen LogP contribution in [0.3, 0.4) is 0 Å². The zero-order valence-corrected chi connectivity index (χ0v) is 13.2. The lowest BCUT2D eigenvalue weighted by molar-refractivity contribution is 0.176. The van der Waals surface area contributed by atoms with E-state index >= 15 is 0 Å². The number of ether oxygens (including phenoxy) is 1. The Morgan fingerprint density at radius 2 is 2.00 bits per heavy atom. The predicted molar refractivity (Wildman–Crippen MR) is 85.2 cm³/mol. The van der Waals surface area contributed by atoms with Gasteiger partial charge in [-0.25, -0.2) is 0 Å². The van der Waals surface area contributed by atoms with Crippen molar-refractivity contribution in [2.24, 2.45) is 5.92 Å². The smallest absolute Gasteiger partial charge is 0.124 e. The molecule has 0 aromatic heterocycles. The molecule has 0 amide bonds. The standard InChI is InChI=1S/C18H29NO/c1-4-6-10-15(9-5-2)19-18-14(3)13-20-17-12-8-7-11-16(17)18/h7-8,11-12,14-15,18-19H,4-6,9-10,13H2,1-3H3. The number of hydrogen-bond acceptors (Lipinski definition) is 2. The Hall–Kier alpha value is -1.02. The van der Waals surface area contributed by atoms with Crippen LogP contribution in [0, 0.1) is 5.92 Å². The van der Waals surface area contributed by atoms with E-state index in [0.29, 0.717) is 18.0 Å². The van der Waals surface area contributed by atoms with E-state index in [1.165, 1.54) is 37.7 Å². The number of para-hydroxylation sites is 1. The second-order valence-corrected chi connectivity index (χ2v) is 6.10. The molecule has 0 saturated carbocycles. The van der Waals surface area contributed by atoms with Gasteiger partial charge in [0.05, 0.1) is 6.61 Å². The number of fused-ring (bicyclic) bond motifs is 1. The van der Waals surface area contributed by atoms with Crippen LogP contribution in [0.4, 0.5) is 0 Å². The maximum absolute atomic E-state index is 5.85. The molecule has 0 saturated heterocycles. The van der Waals surface area contributed by atoms with Gasteiger partial charge in [0.1, 0.15) is 5.75 Å². The molecule has 0 fully saturated rings. The normalized spacial score (nSPS) is 22.9. The summed E-state index contributed by atoms with van der Waals surface area (Å²) in [7, 11) is 0. The summed E-state index contributed by atoms with van der Waals surface area (Å²) in [5, 5.41) is 3.92. The fourth-order valence-electron chi connectivity index (χ4n) is 3.11. The van der Waals surface area contributed by atoms with Crippen molar-refractivity contribution in [1.29, 1.82) is 0 Å². The third-order valence-electron chi connectivity index (χ3n) is 4.28. The van der Waals surface area contributed by atoms with Crippen molar-refractivity contribution in [2.75, 3.05) is 6.61 Å². The first-order valence-corrected chi connectivity index (χ1v) is 8.24. The Morgan fingerprint density at radius 1 is 1.20 bits per heavy atom. The molecule has 1 aliphatic rings. The monoisotopic (exact) mass is 275 g/mol. The molecule has 2 rings (SSSR count). The molecule has 2 nitrogen and oxygen atoms in total. The van der Waals surface area contributed by atoms with Gasteiger partial charge >= 0.3 is 0 Å². The first-order valence-electron chi connectivity index (χ1n) is 8.24. The Bertz CT molecular complexity index is 404. The van der Waals surface area contributed by atoms with Crippen LogP contribution >= 0.6 is 0 Å². The Morgan fingerprint density at radius 3 is 2.75 bits per heavy atom. The Kier molecular flexibility index (Phi) is 5.90. The molecule has 0 spiro atoms. The number of benzene rings is 1. The van der Waals surface area contributed by atoms with Gasteiger partial charge in [-0.15, -0.1) is 0 Å². The van der Waals surface area contributed by atoms with Crippen molar-refractivity contribution < 1.29 is 4.74 Å². The van der Waals surface area contributed by atoms with Gasteiger partial charge in [0.25, 0.3) is 0 Å². The molecular formula is C18H29NO.